The molecule has 0 aliphatic carbocycles. The van der Waals surface area contributed by atoms with Crippen molar-refractivity contribution in [3.05, 3.63) is 11.8 Å². The summed E-state index contributed by atoms with van der Waals surface area (Å²) >= 11 is 0. The molecule has 1 nitrogen and oxygen atoms in total. The Morgan fingerprint density at radius 1 is 1.30 bits per heavy atom. The molecule has 0 aromatic heterocycles. The zero-order valence-corrected chi connectivity index (χ0v) is 7.57. The molecule has 0 atom stereocenters. The highest BCUT2D eigenvalue weighted by Gasteiger charge is 1.89. The minimum Gasteiger partial charge on any atom is -0.389 e. The number of hydrogen-bond donors (Lipinski definition) is 1. The van der Waals surface area contributed by atoms with Gasteiger partial charge in [-0.25, -0.2) is 0 Å². The largest absolute Gasteiger partial charge is 0.389 e. The third-order valence-corrected chi connectivity index (χ3v) is 1.53. The predicted octanol–water partition coefficient (Wildman–Crippen LogP) is 2.69. The van der Waals surface area contributed by atoms with Crippen LogP contribution in [0.3, 0.4) is 0 Å². The second kappa shape index (κ2) is 5.33. The molecule has 0 heterocycles. The molecule has 0 saturated heterocycles. The lowest BCUT2D eigenvalue weighted by Crippen LogP contribution is -2.16. The number of nitrogens with one attached hydrogen (secondary N) is 1. The summed E-state index contributed by atoms with van der Waals surface area (Å²) in [6, 6.07) is 0.563. The molecule has 10 heavy (non-hydrogen) atoms. The van der Waals surface area contributed by atoms with Crippen LogP contribution in [0.15, 0.2) is 11.8 Å². The number of rotatable bonds is 4. The molecule has 0 aromatic carbocycles. The molecule has 0 aromatic rings. The van der Waals surface area contributed by atoms with E-state index in [-0.39, 0.29) is 0 Å². The summed E-state index contributed by atoms with van der Waals surface area (Å²) in [5.41, 5.74) is 1.49. The van der Waals surface area contributed by atoms with Crippen molar-refractivity contribution in [2.24, 2.45) is 0 Å². The molecule has 0 unspecified atom stereocenters. The van der Waals surface area contributed by atoms with Crippen LogP contribution in [0, 0.1) is 0 Å². The molecule has 0 saturated carbocycles. The van der Waals surface area contributed by atoms with Crippen molar-refractivity contribution >= 4 is 0 Å². The first-order chi connectivity index (χ1) is 4.70. The molecule has 1 heteroatoms. The van der Waals surface area contributed by atoms with E-state index in [1.54, 1.807) is 0 Å². The first-order valence-corrected chi connectivity index (χ1v) is 4.14. The van der Waals surface area contributed by atoms with Crippen LogP contribution in [-0.4, -0.2) is 6.04 Å². The minimum atomic E-state index is 0.563. The molecule has 0 aliphatic heterocycles. The first-order valence-electron chi connectivity index (χ1n) is 4.14. The highest BCUT2D eigenvalue weighted by molar-refractivity contribution is 4.98. The molecular formula is C9H19N. The van der Waals surface area contributed by atoms with Gasteiger partial charge in [-0.2, -0.15) is 0 Å². The van der Waals surface area contributed by atoms with Crippen LogP contribution in [0.5, 0.6) is 0 Å². The van der Waals surface area contributed by atoms with Gasteiger partial charge in [-0.15, -0.1) is 0 Å². The van der Waals surface area contributed by atoms with Crippen molar-refractivity contribution in [1.82, 2.24) is 5.32 Å². The predicted molar refractivity (Wildman–Crippen MR) is 46.9 cm³/mol. The monoisotopic (exact) mass is 141 g/mol. The molecule has 0 radical (unpaired) electrons. The number of hydrogen-bond acceptors (Lipinski definition) is 1. The van der Waals surface area contributed by atoms with Gasteiger partial charge in [-0.1, -0.05) is 19.4 Å². The van der Waals surface area contributed by atoms with Crippen molar-refractivity contribution in [1.29, 1.82) is 0 Å². The van der Waals surface area contributed by atoms with Crippen LogP contribution in [0.25, 0.3) is 0 Å². The molecule has 0 aliphatic rings. The normalized spacial score (nSPS) is 9.70. The fourth-order valence-corrected chi connectivity index (χ4v) is 0.739. The lowest BCUT2D eigenvalue weighted by atomic mass is 10.2. The van der Waals surface area contributed by atoms with E-state index in [0.29, 0.717) is 6.04 Å². The summed E-state index contributed by atoms with van der Waals surface area (Å²) in [7, 11) is 0. The SMILES string of the molecule is CCC(=CNC(C)C)CC. The third-order valence-electron chi connectivity index (χ3n) is 1.53. The van der Waals surface area contributed by atoms with Crippen LogP contribution < -0.4 is 5.32 Å². The van der Waals surface area contributed by atoms with Gasteiger partial charge >= 0.3 is 0 Å². The van der Waals surface area contributed by atoms with E-state index in [1.807, 2.05) is 0 Å². The van der Waals surface area contributed by atoms with E-state index in [2.05, 4.69) is 39.2 Å². The summed E-state index contributed by atoms with van der Waals surface area (Å²) in [4.78, 5) is 0. The van der Waals surface area contributed by atoms with Crippen LogP contribution >= 0.6 is 0 Å². The van der Waals surface area contributed by atoms with Gasteiger partial charge in [0.05, 0.1) is 0 Å². The molecule has 0 rings (SSSR count). The number of allylic oxidation sites excluding steroid dienone is 1. The Balaban J connectivity index is 3.63. The Morgan fingerprint density at radius 3 is 2.10 bits per heavy atom. The van der Waals surface area contributed by atoms with Crippen molar-refractivity contribution in [2.75, 3.05) is 0 Å². The molecule has 0 bridgehead atoms. The Kier molecular flexibility index (Phi) is 5.09. The van der Waals surface area contributed by atoms with E-state index in [9.17, 15) is 0 Å². The van der Waals surface area contributed by atoms with Crippen molar-refractivity contribution in [2.45, 2.75) is 46.6 Å². The summed E-state index contributed by atoms with van der Waals surface area (Å²) in [6.45, 7) is 8.69. The standard InChI is InChI=1S/C9H19N/c1-5-9(6-2)7-10-8(3)4/h7-8,10H,5-6H2,1-4H3. The van der Waals surface area contributed by atoms with E-state index in [0.717, 1.165) is 12.8 Å². The molecule has 1 N–H and O–H groups in total. The molecule has 0 amide bonds. The zero-order chi connectivity index (χ0) is 7.98. The van der Waals surface area contributed by atoms with E-state index >= 15 is 0 Å². The van der Waals surface area contributed by atoms with Gasteiger partial charge in [0.2, 0.25) is 0 Å². The lowest BCUT2D eigenvalue weighted by Gasteiger charge is -2.06. The molecule has 0 fully saturated rings. The van der Waals surface area contributed by atoms with Crippen LogP contribution in [-0.2, 0) is 0 Å². The highest BCUT2D eigenvalue weighted by atomic mass is 14.9. The first kappa shape index (κ1) is 9.54. The van der Waals surface area contributed by atoms with Crippen LogP contribution in [0.4, 0.5) is 0 Å². The Bertz CT molecular complexity index is 97.3. The maximum atomic E-state index is 3.29. The summed E-state index contributed by atoms with van der Waals surface area (Å²) in [5.74, 6) is 0. The Morgan fingerprint density at radius 2 is 1.80 bits per heavy atom. The summed E-state index contributed by atoms with van der Waals surface area (Å²) in [5, 5.41) is 3.29. The minimum absolute atomic E-state index is 0.563. The summed E-state index contributed by atoms with van der Waals surface area (Å²) in [6.07, 6.45) is 4.47. The van der Waals surface area contributed by atoms with Crippen LogP contribution in [0.1, 0.15) is 40.5 Å². The van der Waals surface area contributed by atoms with Crippen molar-refractivity contribution in [3.63, 3.8) is 0 Å². The smallest absolute Gasteiger partial charge is 0.0199 e. The fourth-order valence-electron chi connectivity index (χ4n) is 0.739. The molecule has 60 valence electrons. The van der Waals surface area contributed by atoms with Gasteiger partial charge in [-0.05, 0) is 32.9 Å². The van der Waals surface area contributed by atoms with Gasteiger partial charge in [0.1, 0.15) is 0 Å². The Hall–Kier alpha value is -0.460. The van der Waals surface area contributed by atoms with Gasteiger partial charge < -0.3 is 5.32 Å². The quantitative estimate of drug-likeness (QED) is 0.634. The second-order valence-corrected chi connectivity index (χ2v) is 2.83. The highest BCUT2D eigenvalue weighted by Crippen LogP contribution is 2.02. The summed E-state index contributed by atoms with van der Waals surface area (Å²) < 4.78 is 0. The lowest BCUT2D eigenvalue weighted by molar-refractivity contribution is 0.692. The van der Waals surface area contributed by atoms with Gasteiger partial charge in [0.15, 0.2) is 0 Å². The fraction of sp³-hybridized carbons (Fsp3) is 0.778. The average Bonchev–Trinajstić information content (AvgIpc) is 1.90. The van der Waals surface area contributed by atoms with Crippen molar-refractivity contribution < 1.29 is 0 Å². The second-order valence-electron chi connectivity index (χ2n) is 2.83. The van der Waals surface area contributed by atoms with E-state index < -0.39 is 0 Å². The topological polar surface area (TPSA) is 12.0 Å². The van der Waals surface area contributed by atoms with E-state index in [4.69, 9.17) is 0 Å². The van der Waals surface area contributed by atoms with Gasteiger partial charge in [-0.3, -0.25) is 0 Å². The van der Waals surface area contributed by atoms with Gasteiger partial charge in [0, 0.05) is 6.04 Å². The zero-order valence-electron chi connectivity index (χ0n) is 7.57. The molecular weight excluding hydrogens is 122 g/mol. The van der Waals surface area contributed by atoms with E-state index in [1.165, 1.54) is 5.57 Å². The van der Waals surface area contributed by atoms with Crippen molar-refractivity contribution in [3.8, 4) is 0 Å². The third kappa shape index (κ3) is 4.42. The molecule has 0 spiro atoms. The maximum absolute atomic E-state index is 3.29. The average molecular weight is 141 g/mol. The van der Waals surface area contributed by atoms with Gasteiger partial charge in [0.25, 0.3) is 0 Å². The van der Waals surface area contributed by atoms with Crippen LogP contribution in [0.2, 0.25) is 0 Å². The Labute approximate surface area is 64.5 Å². The maximum Gasteiger partial charge on any atom is 0.0199 e.